The Morgan fingerprint density at radius 2 is 2.27 bits per heavy atom. The van der Waals surface area contributed by atoms with E-state index >= 15 is 0 Å². The van der Waals surface area contributed by atoms with Crippen LogP contribution in [0.15, 0.2) is 18.3 Å². The minimum Gasteiger partial charge on any atom is -0.352 e. The lowest BCUT2D eigenvalue weighted by molar-refractivity contribution is 0.388. The highest BCUT2D eigenvalue weighted by molar-refractivity contribution is 6.18. The van der Waals surface area contributed by atoms with Gasteiger partial charge in [0.25, 0.3) is 0 Å². The fourth-order valence-corrected chi connectivity index (χ4v) is 1.99. The zero-order chi connectivity index (χ0) is 10.7. The van der Waals surface area contributed by atoms with Gasteiger partial charge in [0.2, 0.25) is 0 Å². The average molecular weight is 229 g/mol. The highest BCUT2D eigenvalue weighted by Gasteiger charge is 2.25. The van der Waals surface area contributed by atoms with Gasteiger partial charge in [0, 0.05) is 18.5 Å². The Kier molecular flexibility index (Phi) is 3.41. The smallest absolute Gasteiger partial charge is 0.141 e. The fraction of sp³-hybridized carbons (Fsp3) is 0.545. The summed E-state index contributed by atoms with van der Waals surface area (Å²) in [4.78, 5) is 6.27. The molecular weight excluding hydrogens is 215 g/mol. The summed E-state index contributed by atoms with van der Waals surface area (Å²) in [6.07, 6.45) is 4.91. The van der Waals surface area contributed by atoms with E-state index in [4.69, 9.17) is 11.6 Å². The zero-order valence-corrected chi connectivity index (χ0v) is 9.25. The first-order chi connectivity index (χ1) is 7.31. The highest BCUT2D eigenvalue weighted by Crippen LogP contribution is 2.28. The number of hydrogen-bond acceptors (Lipinski definition) is 2. The molecule has 0 atom stereocenters. The van der Waals surface area contributed by atoms with Gasteiger partial charge in [-0.2, -0.15) is 0 Å². The molecule has 0 aromatic carbocycles. The quantitative estimate of drug-likeness (QED) is 0.737. The van der Waals surface area contributed by atoms with Gasteiger partial charge in [-0.3, -0.25) is 0 Å². The van der Waals surface area contributed by atoms with E-state index in [9.17, 15) is 4.39 Å². The Morgan fingerprint density at radius 3 is 2.73 bits per heavy atom. The second kappa shape index (κ2) is 4.79. The van der Waals surface area contributed by atoms with Crippen LogP contribution in [0.5, 0.6) is 0 Å². The number of alkyl halides is 1. The van der Waals surface area contributed by atoms with Crippen molar-refractivity contribution in [3.8, 4) is 0 Å². The molecule has 0 N–H and O–H groups in total. The maximum Gasteiger partial charge on any atom is 0.141 e. The molecule has 2 rings (SSSR count). The van der Waals surface area contributed by atoms with Crippen molar-refractivity contribution in [2.24, 2.45) is 0 Å². The number of rotatable bonds is 4. The van der Waals surface area contributed by atoms with Gasteiger partial charge < -0.3 is 4.90 Å². The zero-order valence-electron chi connectivity index (χ0n) is 8.50. The molecule has 0 amide bonds. The van der Waals surface area contributed by atoms with E-state index in [1.54, 1.807) is 6.07 Å². The summed E-state index contributed by atoms with van der Waals surface area (Å²) in [5, 5.41) is 0. The van der Waals surface area contributed by atoms with Crippen molar-refractivity contribution < 1.29 is 4.39 Å². The van der Waals surface area contributed by atoms with Crippen molar-refractivity contribution in [1.29, 1.82) is 0 Å². The molecule has 1 heterocycles. The molecule has 1 aromatic rings. The highest BCUT2D eigenvalue weighted by atomic mass is 35.5. The van der Waals surface area contributed by atoms with Crippen LogP contribution >= 0.6 is 11.6 Å². The van der Waals surface area contributed by atoms with Gasteiger partial charge in [0.15, 0.2) is 0 Å². The summed E-state index contributed by atoms with van der Waals surface area (Å²) in [6, 6.07) is 3.71. The summed E-state index contributed by atoms with van der Waals surface area (Å²) in [5.41, 5.74) is 0. The lowest BCUT2D eigenvalue weighted by Gasteiger charge is -2.38. The lowest BCUT2D eigenvalue weighted by Crippen LogP contribution is -2.41. The normalized spacial score (nSPS) is 16.1. The molecule has 0 saturated heterocycles. The molecule has 0 spiro atoms. The number of nitrogens with zero attached hydrogens (tertiary/aromatic N) is 2. The number of hydrogen-bond donors (Lipinski definition) is 0. The lowest BCUT2D eigenvalue weighted by atomic mass is 9.91. The monoisotopic (exact) mass is 228 g/mol. The van der Waals surface area contributed by atoms with Crippen LogP contribution in [-0.2, 0) is 0 Å². The van der Waals surface area contributed by atoms with Crippen LogP contribution in [0.2, 0.25) is 0 Å². The number of halogens is 2. The molecule has 0 aliphatic heterocycles. The third kappa shape index (κ3) is 2.40. The molecule has 82 valence electrons. The molecule has 1 aliphatic rings. The largest absolute Gasteiger partial charge is 0.352 e. The van der Waals surface area contributed by atoms with E-state index < -0.39 is 0 Å². The second-order valence-electron chi connectivity index (χ2n) is 3.80. The average Bonchev–Trinajstić information content (AvgIpc) is 2.16. The molecule has 1 aliphatic carbocycles. The predicted molar refractivity (Wildman–Crippen MR) is 59.9 cm³/mol. The molecule has 15 heavy (non-hydrogen) atoms. The third-order valence-corrected chi connectivity index (χ3v) is 3.02. The molecule has 0 radical (unpaired) electrons. The Balaban J connectivity index is 2.12. The Bertz CT molecular complexity index is 311. The minimum absolute atomic E-state index is 0.293. The molecule has 1 fully saturated rings. The van der Waals surface area contributed by atoms with Gasteiger partial charge in [0.1, 0.15) is 11.6 Å². The molecule has 2 nitrogen and oxygen atoms in total. The molecule has 0 unspecified atom stereocenters. The summed E-state index contributed by atoms with van der Waals surface area (Å²) in [7, 11) is 0. The van der Waals surface area contributed by atoms with Crippen molar-refractivity contribution in [3.63, 3.8) is 0 Å². The summed E-state index contributed by atoms with van der Waals surface area (Å²) < 4.78 is 12.7. The maximum atomic E-state index is 12.7. The third-order valence-electron chi connectivity index (χ3n) is 2.85. The second-order valence-corrected chi connectivity index (χ2v) is 4.18. The Hall–Kier alpha value is -0.830. The van der Waals surface area contributed by atoms with Gasteiger partial charge in [-0.25, -0.2) is 9.37 Å². The Morgan fingerprint density at radius 1 is 1.47 bits per heavy atom. The fourth-order valence-electron chi connectivity index (χ4n) is 1.81. The molecule has 4 heteroatoms. The first-order valence-electron chi connectivity index (χ1n) is 5.25. The van der Waals surface area contributed by atoms with Crippen molar-refractivity contribution in [2.75, 3.05) is 17.3 Å². The van der Waals surface area contributed by atoms with E-state index in [0.717, 1.165) is 12.4 Å². The Labute approximate surface area is 94.1 Å². The number of anilines is 1. The number of pyridine rings is 1. The van der Waals surface area contributed by atoms with Crippen LogP contribution in [0.3, 0.4) is 0 Å². The van der Waals surface area contributed by atoms with Crippen LogP contribution in [0.25, 0.3) is 0 Å². The molecular formula is C11H14ClFN2. The summed E-state index contributed by atoms with van der Waals surface area (Å²) in [5.74, 6) is 1.12. The van der Waals surface area contributed by atoms with Gasteiger partial charge in [0.05, 0.1) is 6.20 Å². The van der Waals surface area contributed by atoms with Crippen LogP contribution in [0.1, 0.15) is 19.3 Å². The van der Waals surface area contributed by atoms with E-state index in [1.165, 1.54) is 31.5 Å². The SMILES string of the molecule is Fc1ccc(N(CCCl)C2CCC2)nc1. The maximum absolute atomic E-state index is 12.7. The molecule has 1 aromatic heterocycles. The summed E-state index contributed by atoms with van der Waals surface area (Å²) >= 11 is 5.76. The van der Waals surface area contributed by atoms with Crippen LogP contribution in [0.4, 0.5) is 10.2 Å². The minimum atomic E-state index is -0.293. The predicted octanol–water partition coefficient (Wildman–Crippen LogP) is 2.82. The first kappa shape index (κ1) is 10.7. The topological polar surface area (TPSA) is 16.1 Å². The van der Waals surface area contributed by atoms with Gasteiger partial charge in [-0.05, 0) is 31.4 Å². The van der Waals surface area contributed by atoms with E-state index in [2.05, 4.69) is 9.88 Å². The summed E-state index contributed by atoms with van der Waals surface area (Å²) in [6.45, 7) is 0.783. The van der Waals surface area contributed by atoms with Gasteiger partial charge in [-0.1, -0.05) is 0 Å². The first-order valence-corrected chi connectivity index (χ1v) is 5.79. The van der Waals surface area contributed by atoms with Crippen LogP contribution in [-0.4, -0.2) is 23.5 Å². The van der Waals surface area contributed by atoms with Crippen molar-refractivity contribution in [3.05, 3.63) is 24.1 Å². The van der Waals surface area contributed by atoms with Crippen LogP contribution < -0.4 is 4.90 Å². The standard InChI is InChI=1S/C11H14ClFN2/c12-6-7-15(10-2-1-3-10)11-5-4-9(13)8-14-11/h4-5,8,10H,1-3,6-7H2. The van der Waals surface area contributed by atoms with Crippen molar-refractivity contribution in [1.82, 2.24) is 4.98 Å². The number of aromatic nitrogens is 1. The molecule has 0 bridgehead atoms. The molecule has 1 saturated carbocycles. The van der Waals surface area contributed by atoms with E-state index in [0.29, 0.717) is 11.9 Å². The van der Waals surface area contributed by atoms with E-state index in [-0.39, 0.29) is 5.82 Å². The van der Waals surface area contributed by atoms with Gasteiger partial charge >= 0.3 is 0 Å². The van der Waals surface area contributed by atoms with Gasteiger partial charge in [-0.15, -0.1) is 11.6 Å². The van der Waals surface area contributed by atoms with Crippen molar-refractivity contribution in [2.45, 2.75) is 25.3 Å². The van der Waals surface area contributed by atoms with Crippen LogP contribution in [0, 0.1) is 5.82 Å². The van der Waals surface area contributed by atoms with E-state index in [1.807, 2.05) is 0 Å². The van der Waals surface area contributed by atoms with Crippen molar-refractivity contribution >= 4 is 17.4 Å².